The van der Waals surface area contributed by atoms with Crippen molar-refractivity contribution in [3.05, 3.63) is 29.5 Å². The molecule has 1 aliphatic heterocycles. The van der Waals surface area contributed by atoms with Crippen LogP contribution in [0.3, 0.4) is 0 Å². The molecule has 1 aliphatic carbocycles. The predicted octanol–water partition coefficient (Wildman–Crippen LogP) is 0.180. The smallest absolute Gasteiger partial charge is 0.378 e. The third-order valence-electron chi connectivity index (χ3n) is 2.47. The van der Waals surface area contributed by atoms with E-state index in [1.807, 2.05) is 12.2 Å². The van der Waals surface area contributed by atoms with Gasteiger partial charge in [0.1, 0.15) is 0 Å². The van der Waals surface area contributed by atoms with Gasteiger partial charge in [0.05, 0.1) is 19.6 Å². The molecule has 0 radical (unpaired) electrons. The summed E-state index contributed by atoms with van der Waals surface area (Å²) in [6, 6.07) is 0. The molecule has 1 saturated heterocycles. The minimum atomic E-state index is -4.67. The molecule has 2 aliphatic rings. The SMILES string of the molecule is O=S(=O)(O)O.[N-]=[N+]=C1C=CC(N2CCOCC2)=CC1. The topological polar surface area (TPSA) is 123 Å². The van der Waals surface area contributed by atoms with Gasteiger partial charge in [-0.05, 0) is 12.2 Å². The zero-order valence-corrected chi connectivity index (χ0v) is 11.0. The fourth-order valence-electron chi connectivity index (χ4n) is 1.66. The van der Waals surface area contributed by atoms with E-state index in [0.717, 1.165) is 26.3 Å². The fraction of sp³-hybridized carbons (Fsp3) is 0.500. The van der Waals surface area contributed by atoms with Crippen LogP contribution in [0.1, 0.15) is 6.42 Å². The first kappa shape index (κ1) is 15.5. The van der Waals surface area contributed by atoms with E-state index in [0.29, 0.717) is 12.1 Å². The average Bonchev–Trinajstić information content (AvgIpc) is 2.38. The number of hydrogen-bond donors (Lipinski definition) is 2. The van der Waals surface area contributed by atoms with Crippen LogP contribution in [-0.2, 0) is 15.1 Å². The zero-order chi connectivity index (χ0) is 14.3. The van der Waals surface area contributed by atoms with E-state index in [-0.39, 0.29) is 0 Å². The highest BCUT2D eigenvalue weighted by Gasteiger charge is 2.15. The minimum absolute atomic E-state index is 0.708. The summed E-state index contributed by atoms with van der Waals surface area (Å²) < 4.78 is 36.9. The van der Waals surface area contributed by atoms with Gasteiger partial charge in [0.2, 0.25) is 0 Å². The molecule has 1 fully saturated rings. The standard InChI is InChI=1S/C10H13N3O.H2O4S/c11-12-9-1-3-10(4-2-9)13-5-7-14-8-6-13;1-5(2,3)4/h1,3-4H,2,5-8H2;(H2,1,2,3,4). The third kappa shape index (κ3) is 6.85. The average molecular weight is 289 g/mol. The van der Waals surface area contributed by atoms with Crippen LogP contribution in [0.25, 0.3) is 5.53 Å². The molecule has 0 aromatic rings. The Balaban J connectivity index is 0.000000312. The Morgan fingerprint density at radius 3 is 2.26 bits per heavy atom. The summed E-state index contributed by atoms with van der Waals surface area (Å²) in [6.07, 6.45) is 6.63. The van der Waals surface area contributed by atoms with E-state index in [9.17, 15) is 0 Å². The van der Waals surface area contributed by atoms with E-state index < -0.39 is 10.4 Å². The van der Waals surface area contributed by atoms with Crippen LogP contribution in [0, 0.1) is 0 Å². The molecule has 0 unspecified atom stereocenters. The maximum atomic E-state index is 8.74. The molecule has 19 heavy (non-hydrogen) atoms. The third-order valence-corrected chi connectivity index (χ3v) is 2.47. The Morgan fingerprint density at radius 1 is 1.26 bits per heavy atom. The number of ether oxygens (including phenoxy) is 1. The van der Waals surface area contributed by atoms with Crippen molar-refractivity contribution in [1.82, 2.24) is 4.90 Å². The van der Waals surface area contributed by atoms with Gasteiger partial charge in [0.15, 0.2) is 0 Å². The monoisotopic (exact) mass is 289 g/mol. The van der Waals surface area contributed by atoms with Crippen molar-refractivity contribution in [2.45, 2.75) is 6.42 Å². The first-order valence-electron chi connectivity index (χ1n) is 5.52. The number of rotatable bonds is 1. The van der Waals surface area contributed by atoms with Gasteiger partial charge < -0.3 is 15.2 Å². The Kier molecular flexibility index (Phi) is 5.87. The molecule has 2 rings (SSSR count). The van der Waals surface area contributed by atoms with E-state index in [2.05, 4.69) is 15.8 Å². The summed E-state index contributed by atoms with van der Waals surface area (Å²) in [5, 5.41) is 0. The Labute approximate surface area is 111 Å². The van der Waals surface area contributed by atoms with Gasteiger partial charge in [-0.1, -0.05) is 0 Å². The van der Waals surface area contributed by atoms with Gasteiger partial charge in [0.25, 0.3) is 5.71 Å². The molecule has 0 aromatic carbocycles. The fourth-order valence-corrected chi connectivity index (χ4v) is 1.66. The molecule has 9 heteroatoms. The van der Waals surface area contributed by atoms with Crippen LogP contribution in [0.2, 0.25) is 0 Å². The quantitative estimate of drug-likeness (QED) is 0.403. The zero-order valence-electron chi connectivity index (χ0n) is 10.1. The molecular weight excluding hydrogens is 274 g/mol. The Morgan fingerprint density at radius 2 is 1.84 bits per heavy atom. The molecule has 8 nitrogen and oxygen atoms in total. The van der Waals surface area contributed by atoms with Crippen molar-refractivity contribution >= 4 is 16.1 Å². The molecule has 106 valence electrons. The van der Waals surface area contributed by atoms with Gasteiger partial charge in [0, 0.05) is 24.9 Å². The van der Waals surface area contributed by atoms with E-state index in [4.69, 9.17) is 27.8 Å². The molecular formula is C10H15N3O5S. The van der Waals surface area contributed by atoms with Gasteiger partial charge in [-0.25, -0.2) is 0 Å². The summed E-state index contributed by atoms with van der Waals surface area (Å²) in [5.41, 5.74) is 10.5. The number of hydrogen-bond acceptors (Lipinski definition) is 4. The summed E-state index contributed by atoms with van der Waals surface area (Å²) in [5.74, 6) is 0. The summed E-state index contributed by atoms with van der Waals surface area (Å²) >= 11 is 0. The van der Waals surface area contributed by atoms with Crippen LogP contribution in [-0.4, -0.2) is 59.2 Å². The molecule has 0 bridgehead atoms. The van der Waals surface area contributed by atoms with E-state index >= 15 is 0 Å². The first-order valence-corrected chi connectivity index (χ1v) is 6.91. The highest BCUT2D eigenvalue weighted by atomic mass is 32.3. The first-order chi connectivity index (χ1) is 8.90. The van der Waals surface area contributed by atoms with E-state index in [1.165, 1.54) is 5.70 Å². The molecule has 0 amide bonds. The molecule has 2 N–H and O–H groups in total. The lowest BCUT2D eigenvalue weighted by atomic mass is 10.1. The minimum Gasteiger partial charge on any atom is -0.378 e. The van der Waals surface area contributed by atoms with Gasteiger partial charge in [-0.3, -0.25) is 9.11 Å². The second-order valence-electron chi connectivity index (χ2n) is 3.81. The van der Waals surface area contributed by atoms with Gasteiger partial charge in [-0.15, -0.1) is 0 Å². The lowest BCUT2D eigenvalue weighted by molar-refractivity contribution is -0.00555. The number of morpholine rings is 1. The largest absolute Gasteiger partial charge is 0.394 e. The maximum absolute atomic E-state index is 8.74. The summed E-state index contributed by atoms with van der Waals surface area (Å²) in [7, 11) is -4.67. The van der Waals surface area contributed by atoms with Crippen LogP contribution in [0.15, 0.2) is 23.9 Å². The van der Waals surface area contributed by atoms with Crippen molar-refractivity contribution in [3.8, 4) is 0 Å². The van der Waals surface area contributed by atoms with Crippen LogP contribution in [0.5, 0.6) is 0 Å². The normalized spacial score (nSPS) is 19.2. The van der Waals surface area contributed by atoms with Crippen molar-refractivity contribution in [2.24, 2.45) is 0 Å². The molecule has 0 spiro atoms. The van der Waals surface area contributed by atoms with Gasteiger partial charge >= 0.3 is 10.4 Å². The molecule has 0 saturated carbocycles. The lowest BCUT2D eigenvalue weighted by Crippen LogP contribution is -2.35. The highest BCUT2D eigenvalue weighted by molar-refractivity contribution is 7.79. The Bertz CT molecular complexity index is 505. The molecule has 1 heterocycles. The molecule has 0 aromatic heterocycles. The van der Waals surface area contributed by atoms with Crippen LogP contribution >= 0.6 is 0 Å². The second kappa shape index (κ2) is 7.17. The Hall–Kier alpha value is -1.51. The lowest BCUT2D eigenvalue weighted by Gasteiger charge is -2.30. The van der Waals surface area contributed by atoms with Crippen molar-refractivity contribution < 1.29 is 27.1 Å². The summed E-state index contributed by atoms with van der Waals surface area (Å²) in [6.45, 7) is 3.49. The van der Waals surface area contributed by atoms with Crippen LogP contribution in [0.4, 0.5) is 0 Å². The maximum Gasteiger partial charge on any atom is 0.394 e. The van der Waals surface area contributed by atoms with Crippen molar-refractivity contribution in [1.29, 1.82) is 0 Å². The summed E-state index contributed by atoms with van der Waals surface area (Å²) in [4.78, 5) is 5.46. The van der Waals surface area contributed by atoms with Crippen molar-refractivity contribution in [2.75, 3.05) is 26.3 Å². The second-order valence-corrected chi connectivity index (χ2v) is 4.70. The predicted molar refractivity (Wildman–Crippen MR) is 67.0 cm³/mol. The van der Waals surface area contributed by atoms with Gasteiger partial charge in [-0.2, -0.15) is 13.2 Å². The van der Waals surface area contributed by atoms with Crippen LogP contribution < -0.4 is 0 Å². The van der Waals surface area contributed by atoms with Crippen molar-refractivity contribution in [3.63, 3.8) is 0 Å². The highest BCUT2D eigenvalue weighted by Crippen LogP contribution is 2.13. The number of nitrogens with zero attached hydrogens (tertiary/aromatic N) is 3. The number of allylic oxidation sites excluding steroid dienone is 3. The van der Waals surface area contributed by atoms with E-state index in [1.54, 1.807) is 0 Å². The molecule has 0 atom stereocenters.